The molecule has 0 unspecified atom stereocenters. The highest BCUT2D eigenvalue weighted by Gasteiger charge is 2.20. The van der Waals surface area contributed by atoms with Gasteiger partial charge in [0.15, 0.2) is 0 Å². The minimum atomic E-state index is -0.716. The van der Waals surface area contributed by atoms with Gasteiger partial charge in [-0.15, -0.1) is 0 Å². The normalized spacial score (nSPS) is 10.0. The number of methoxy groups -OCH3 is 1. The monoisotopic (exact) mass is 294 g/mol. The summed E-state index contributed by atoms with van der Waals surface area (Å²) in [6.07, 6.45) is 0.776. The van der Waals surface area contributed by atoms with E-state index in [9.17, 15) is 19.7 Å². The van der Waals surface area contributed by atoms with Crippen molar-refractivity contribution >= 4 is 17.6 Å². The molecule has 0 N–H and O–H groups in total. The van der Waals surface area contributed by atoms with Crippen LogP contribution in [0.1, 0.15) is 41.0 Å². The Kier molecular flexibility index (Phi) is 5.83. The van der Waals surface area contributed by atoms with Crippen LogP contribution < -0.4 is 0 Å². The number of nitro benzene ring substituents is 1. The Balaban J connectivity index is 3.27. The summed E-state index contributed by atoms with van der Waals surface area (Å²) >= 11 is 0. The van der Waals surface area contributed by atoms with Gasteiger partial charge in [0.05, 0.1) is 17.6 Å². The van der Waals surface area contributed by atoms with Crippen molar-refractivity contribution in [3.05, 3.63) is 39.4 Å². The van der Waals surface area contributed by atoms with E-state index in [0.717, 1.165) is 12.5 Å². The number of esters is 1. The molecule has 7 nitrogen and oxygen atoms in total. The maximum absolute atomic E-state index is 12.4. The molecule has 0 aliphatic heterocycles. The fourth-order valence-corrected chi connectivity index (χ4v) is 1.93. The number of nitrogens with zero attached hydrogens (tertiary/aromatic N) is 2. The average Bonchev–Trinajstić information content (AvgIpc) is 2.50. The molecule has 0 aromatic heterocycles. The van der Waals surface area contributed by atoms with Crippen molar-refractivity contribution in [2.75, 3.05) is 20.2 Å². The zero-order valence-electron chi connectivity index (χ0n) is 12.3. The van der Waals surface area contributed by atoms with E-state index < -0.39 is 10.9 Å². The molecule has 1 aromatic rings. The number of hydrogen-bond donors (Lipinski definition) is 0. The van der Waals surface area contributed by atoms with Gasteiger partial charge in [0.25, 0.3) is 11.6 Å². The van der Waals surface area contributed by atoms with Gasteiger partial charge in [-0.25, -0.2) is 4.79 Å². The zero-order chi connectivity index (χ0) is 16.0. The third kappa shape index (κ3) is 4.01. The van der Waals surface area contributed by atoms with Crippen LogP contribution in [0.5, 0.6) is 0 Å². The molecule has 1 amide bonds. The van der Waals surface area contributed by atoms with Crippen LogP contribution >= 0.6 is 0 Å². The SMILES string of the molecule is CCCN(CC)C(=O)c1cc(C(=O)OC)cc([N+](=O)[O-])c1. The third-order valence-electron chi connectivity index (χ3n) is 2.96. The first-order chi connectivity index (χ1) is 9.94. The molecule has 114 valence electrons. The topological polar surface area (TPSA) is 89.8 Å². The van der Waals surface area contributed by atoms with E-state index in [2.05, 4.69) is 4.74 Å². The summed E-state index contributed by atoms with van der Waals surface area (Å²) in [6, 6.07) is 3.59. The van der Waals surface area contributed by atoms with Crippen molar-refractivity contribution in [3.63, 3.8) is 0 Å². The van der Waals surface area contributed by atoms with Crippen LogP contribution in [0.2, 0.25) is 0 Å². The Hall–Kier alpha value is -2.44. The van der Waals surface area contributed by atoms with Crippen LogP contribution in [-0.4, -0.2) is 41.9 Å². The van der Waals surface area contributed by atoms with Crippen LogP contribution in [-0.2, 0) is 4.74 Å². The minimum Gasteiger partial charge on any atom is -0.465 e. The Bertz CT molecular complexity index is 556. The Morgan fingerprint density at radius 1 is 1.24 bits per heavy atom. The summed E-state index contributed by atoms with van der Waals surface area (Å²) in [6.45, 7) is 4.80. The number of amides is 1. The lowest BCUT2D eigenvalue weighted by molar-refractivity contribution is -0.384. The summed E-state index contributed by atoms with van der Waals surface area (Å²) in [7, 11) is 1.18. The molecule has 0 spiro atoms. The lowest BCUT2D eigenvalue weighted by atomic mass is 10.1. The highest BCUT2D eigenvalue weighted by atomic mass is 16.6. The predicted molar refractivity (Wildman–Crippen MR) is 76.3 cm³/mol. The molecular formula is C14H18N2O5. The molecule has 21 heavy (non-hydrogen) atoms. The summed E-state index contributed by atoms with van der Waals surface area (Å²) in [4.78, 5) is 35.8. The number of hydrogen-bond acceptors (Lipinski definition) is 5. The molecule has 0 radical (unpaired) electrons. The van der Waals surface area contributed by atoms with Gasteiger partial charge in [-0.05, 0) is 19.4 Å². The first kappa shape index (κ1) is 16.6. The summed E-state index contributed by atoms with van der Waals surface area (Å²) in [5.74, 6) is -1.06. The summed E-state index contributed by atoms with van der Waals surface area (Å²) in [5.41, 5.74) is -0.212. The molecule has 0 atom stereocenters. The first-order valence-electron chi connectivity index (χ1n) is 6.61. The van der Waals surface area contributed by atoms with E-state index in [1.54, 1.807) is 4.90 Å². The second kappa shape index (κ2) is 7.37. The maximum atomic E-state index is 12.4. The van der Waals surface area contributed by atoms with Crippen LogP contribution in [0.15, 0.2) is 18.2 Å². The molecule has 0 aliphatic carbocycles. The van der Waals surface area contributed by atoms with E-state index in [-0.39, 0.29) is 22.7 Å². The lowest BCUT2D eigenvalue weighted by Crippen LogP contribution is -2.31. The Morgan fingerprint density at radius 3 is 2.33 bits per heavy atom. The molecule has 0 saturated carbocycles. The zero-order valence-corrected chi connectivity index (χ0v) is 12.3. The van der Waals surface area contributed by atoms with Gasteiger partial charge >= 0.3 is 5.97 Å². The number of carbonyl (C=O) groups excluding carboxylic acids is 2. The highest BCUT2D eigenvalue weighted by Crippen LogP contribution is 2.19. The van der Waals surface area contributed by atoms with Gasteiger partial charge < -0.3 is 9.64 Å². The number of rotatable bonds is 6. The second-order valence-corrected chi connectivity index (χ2v) is 4.40. The Labute approximate surface area is 122 Å². The molecule has 0 heterocycles. The second-order valence-electron chi connectivity index (χ2n) is 4.40. The van der Waals surface area contributed by atoms with E-state index in [0.29, 0.717) is 13.1 Å². The lowest BCUT2D eigenvalue weighted by Gasteiger charge is -2.20. The van der Waals surface area contributed by atoms with E-state index in [1.807, 2.05) is 13.8 Å². The predicted octanol–water partition coefficient (Wildman–Crippen LogP) is 2.25. The molecule has 1 rings (SSSR count). The van der Waals surface area contributed by atoms with Crippen molar-refractivity contribution in [2.24, 2.45) is 0 Å². The smallest absolute Gasteiger partial charge is 0.338 e. The molecule has 7 heteroatoms. The maximum Gasteiger partial charge on any atom is 0.338 e. The summed E-state index contributed by atoms with van der Waals surface area (Å²) in [5, 5.41) is 10.9. The molecule has 0 aliphatic rings. The van der Waals surface area contributed by atoms with Crippen molar-refractivity contribution in [2.45, 2.75) is 20.3 Å². The van der Waals surface area contributed by atoms with Crippen molar-refractivity contribution < 1.29 is 19.2 Å². The van der Waals surface area contributed by atoms with E-state index >= 15 is 0 Å². The van der Waals surface area contributed by atoms with Crippen LogP contribution in [0.3, 0.4) is 0 Å². The van der Waals surface area contributed by atoms with E-state index in [4.69, 9.17) is 0 Å². The van der Waals surface area contributed by atoms with E-state index in [1.165, 1.54) is 19.2 Å². The largest absolute Gasteiger partial charge is 0.465 e. The van der Waals surface area contributed by atoms with Gasteiger partial charge in [0.2, 0.25) is 0 Å². The quantitative estimate of drug-likeness (QED) is 0.456. The van der Waals surface area contributed by atoms with Crippen LogP contribution in [0, 0.1) is 10.1 Å². The summed E-state index contributed by atoms with van der Waals surface area (Å²) < 4.78 is 4.55. The van der Waals surface area contributed by atoms with Gasteiger partial charge in [0, 0.05) is 30.8 Å². The number of benzene rings is 1. The fourth-order valence-electron chi connectivity index (χ4n) is 1.93. The molecular weight excluding hydrogens is 276 g/mol. The number of carbonyl (C=O) groups is 2. The van der Waals surface area contributed by atoms with Gasteiger partial charge in [-0.2, -0.15) is 0 Å². The molecule has 1 aromatic carbocycles. The van der Waals surface area contributed by atoms with Gasteiger partial charge in [-0.1, -0.05) is 6.92 Å². The third-order valence-corrected chi connectivity index (χ3v) is 2.96. The number of non-ortho nitro benzene ring substituents is 1. The first-order valence-corrected chi connectivity index (χ1v) is 6.61. The van der Waals surface area contributed by atoms with Crippen molar-refractivity contribution in [3.8, 4) is 0 Å². The van der Waals surface area contributed by atoms with Crippen molar-refractivity contribution in [1.29, 1.82) is 0 Å². The number of nitro groups is 1. The average molecular weight is 294 g/mol. The minimum absolute atomic E-state index is 0.0115. The van der Waals surface area contributed by atoms with Gasteiger partial charge in [0.1, 0.15) is 0 Å². The Morgan fingerprint density at radius 2 is 1.86 bits per heavy atom. The van der Waals surface area contributed by atoms with Crippen LogP contribution in [0.25, 0.3) is 0 Å². The van der Waals surface area contributed by atoms with Crippen molar-refractivity contribution in [1.82, 2.24) is 4.90 Å². The molecule has 0 bridgehead atoms. The molecule has 0 fully saturated rings. The van der Waals surface area contributed by atoms with Gasteiger partial charge in [-0.3, -0.25) is 14.9 Å². The van der Waals surface area contributed by atoms with Crippen LogP contribution in [0.4, 0.5) is 5.69 Å². The molecule has 0 saturated heterocycles. The standard InChI is InChI=1S/C14H18N2O5/c1-4-6-15(5-2)13(17)10-7-11(14(18)21-3)9-12(8-10)16(19)20/h7-9H,4-6H2,1-3H3. The fraction of sp³-hybridized carbons (Fsp3) is 0.429. The highest BCUT2D eigenvalue weighted by molar-refractivity contribution is 5.99. The number of ether oxygens (including phenoxy) is 1.